The van der Waals surface area contributed by atoms with Crippen LogP contribution in [0.15, 0.2) is 18.5 Å². The SMILES string of the molecule is CNc1cnccc1C(=O)NCC(C)N(C)C1CC1. The fourth-order valence-electron chi connectivity index (χ4n) is 2.11. The molecule has 2 rings (SSSR count). The molecule has 0 spiro atoms. The highest BCUT2D eigenvalue weighted by atomic mass is 16.1. The van der Waals surface area contributed by atoms with Crippen molar-refractivity contribution in [2.24, 2.45) is 0 Å². The third-order valence-electron chi connectivity index (χ3n) is 3.71. The maximum atomic E-state index is 12.1. The van der Waals surface area contributed by atoms with E-state index in [1.54, 1.807) is 25.5 Å². The van der Waals surface area contributed by atoms with Crippen molar-refractivity contribution in [3.63, 3.8) is 0 Å². The maximum absolute atomic E-state index is 12.1. The number of carbonyl (C=O) groups is 1. The van der Waals surface area contributed by atoms with Gasteiger partial charge in [-0.05, 0) is 32.9 Å². The summed E-state index contributed by atoms with van der Waals surface area (Å²) in [7, 11) is 3.91. The van der Waals surface area contributed by atoms with E-state index in [0.717, 1.165) is 5.69 Å². The summed E-state index contributed by atoms with van der Waals surface area (Å²) in [6.45, 7) is 2.81. The average molecular weight is 262 g/mol. The molecule has 104 valence electrons. The molecule has 1 unspecified atom stereocenters. The Hall–Kier alpha value is -1.62. The van der Waals surface area contributed by atoms with Crippen LogP contribution in [0.3, 0.4) is 0 Å². The van der Waals surface area contributed by atoms with Gasteiger partial charge in [-0.1, -0.05) is 0 Å². The van der Waals surface area contributed by atoms with E-state index in [4.69, 9.17) is 0 Å². The van der Waals surface area contributed by atoms with Crippen LogP contribution in [0.1, 0.15) is 30.1 Å². The summed E-state index contributed by atoms with van der Waals surface area (Å²) in [4.78, 5) is 18.5. The number of aromatic nitrogens is 1. The smallest absolute Gasteiger partial charge is 0.253 e. The summed E-state index contributed by atoms with van der Waals surface area (Å²) < 4.78 is 0. The number of amides is 1. The standard InChI is InChI=1S/C14H22N4O/c1-10(18(3)11-4-5-11)8-17-14(19)12-6-7-16-9-13(12)15-2/h6-7,9-11,15H,4-5,8H2,1-3H3,(H,17,19). The first-order valence-corrected chi connectivity index (χ1v) is 6.75. The molecule has 1 fully saturated rings. The van der Waals surface area contributed by atoms with Gasteiger partial charge in [-0.2, -0.15) is 0 Å². The molecule has 0 aliphatic heterocycles. The van der Waals surface area contributed by atoms with Crippen molar-refractivity contribution in [1.82, 2.24) is 15.2 Å². The largest absolute Gasteiger partial charge is 0.386 e. The van der Waals surface area contributed by atoms with Gasteiger partial charge in [-0.25, -0.2) is 0 Å². The number of nitrogens with zero attached hydrogens (tertiary/aromatic N) is 2. The molecular weight excluding hydrogens is 240 g/mol. The van der Waals surface area contributed by atoms with Gasteiger partial charge in [0, 0.05) is 31.9 Å². The first-order chi connectivity index (χ1) is 9.13. The van der Waals surface area contributed by atoms with E-state index in [0.29, 0.717) is 24.2 Å². The number of pyridine rings is 1. The van der Waals surface area contributed by atoms with Gasteiger partial charge in [-0.3, -0.25) is 14.7 Å². The van der Waals surface area contributed by atoms with Crippen molar-refractivity contribution in [2.45, 2.75) is 31.8 Å². The number of hydrogen-bond donors (Lipinski definition) is 2. The Morgan fingerprint density at radius 2 is 2.32 bits per heavy atom. The van der Waals surface area contributed by atoms with Crippen LogP contribution in [-0.4, -0.2) is 48.5 Å². The minimum Gasteiger partial charge on any atom is -0.386 e. The van der Waals surface area contributed by atoms with Crippen LogP contribution in [0.2, 0.25) is 0 Å². The van der Waals surface area contributed by atoms with Gasteiger partial charge >= 0.3 is 0 Å². The molecule has 1 amide bonds. The number of anilines is 1. The van der Waals surface area contributed by atoms with Gasteiger partial charge in [0.15, 0.2) is 0 Å². The van der Waals surface area contributed by atoms with Crippen LogP contribution in [-0.2, 0) is 0 Å². The van der Waals surface area contributed by atoms with E-state index >= 15 is 0 Å². The molecule has 2 N–H and O–H groups in total. The second-order valence-corrected chi connectivity index (χ2v) is 5.13. The number of carbonyl (C=O) groups excluding carboxylic acids is 1. The minimum absolute atomic E-state index is 0.0530. The molecule has 0 aromatic carbocycles. The lowest BCUT2D eigenvalue weighted by molar-refractivity contribution is 0.0940. The normalized spacial score (nSPS) is 16.2. The molecule has 1 heterocycles. The summed E-state index contributed by atoms with van der Waals surface area (Å²) >= 11 is 0. The monoisotopic (exact) mass is 262 g/mol. The van der Waals surface area contributed by atoms with E-state index < -0.39 is 0 Å². The van der Waals surface area contributed by atoms with E-state index in [9.17, 15) is 4.79 Å². The van der Waals surface area contributed by atoms with Crippen molar-refractivity contribution in [3.8, 4) is 0 Å². The Labute approximate surface area is 114 Å². The molecule has 0 bridgehead atoms. The van der Waals surface area contributed by atoms with E-state index in [-0.39, 0.29) is 5.91 Å². The first kappa shape index (κ1) is 13.8. The van der Waals surface area contributed by atoms with Crippen molar-refractivity contribution in [2.75, 3.05) is 26.0 Å². The molecule has 19 heavy (non-hydrogen) atoms. The van der Waals surface area contributed by atoms with Crippen molar-refractivity contribution >= 4 is 11.6 Å². The van der Waals surface area contributed by atoms with Crippen LogP contribution in [0.5, 0.6) is 0 Å². The number of nitrogens with one attached hydrogen (secondary N) is 2. The maximum Gasteiger partial charge on any atom is 0.253 e. The fraction of sp³-hybridized carbons (Fsp3) is 0.571. The molecule has 1 saturated carbocycles. The van der Waals surface area contributed by atoms with E-state index in [2.05, 4.69) is 34.5 Å². The van der Waals surface area contributed by atoms with Crippen LogP contribution in [0, 0.1) is 0 Å². The first-order valence-electron chi connectivity index (χ1n) is 6.75. The molecule has 1 aliphatic rings. The highest BCUT2D eigenvalue weighted by Crippen LogP contribution is 2.26. The second kappa shape index (κ2) is 6.02. The lowest BCUT2D eigenvalue weighted by Crippen LogP contribution is -2.41. The van der Waals surface area contributed by atoms with Gasteiger partial charge in [0.25, 0.3) is 5.91 Å². The molecular formula is C14H22N4O. The summed E-state index contributed by atoms with van der Waals surface area (Å²) in [5.41, 5.74) is 1.39. The van der Waals surface area contributed by atoms with Crippen molar-refractivity contribution < 1.29 is 4.79 Å². The fourth-order valence-corrected chi connectivity index (χ4v) is 2.11. The molecule has 0 radical (unpaired) electrons. The summed E-state index contributed by atoms with van der Waals surface area (Å²) in [5, 5.41) is 5.97. The lowest BCUT2D eigenvalue weighted by Gasteiger charge is -2.24. The Bertz CT molecular complexity index is 445. The van der Waals surface area contributed by atoms with E-state index in [1.165, 1.54) is 12.8 Å². The summed E-state index contributed by atoms with van der Waals surface area (Å²) in [6.07, 6.45) is 5.86. The molecule has 5 heteroatoms. The van der Waals surface area contributed by atoms with Crippen LogP contribution in [0.25, 0.3) is 0 Å². The zero-order valence-electron chi connectivity index (χ0n) is 11.8. The number of rotatable bonds is 6. The van der Waals surface area contributed by atoms with Crippen LogP contribution >= 0.6 is 0 Å². The molecule has 1 aromatic rings. The predicted molar refractivity (Wildman–Crippen MR) is 76.4 cm³/mol. The number of hydrogen-bond acceptors (Lipinski definition) is 4. The molecule has 0 saturated heterocycles. The average Bonchev–Trinajstić information content (AvgIpc) is 3.28. The Kier molecular flexibility index (Phi) is 4.37. The van der Waals surface area contributed by atoms with E-state index in [1.807, 2.05) is 0 Å². The predicted octanol–water partition coefficient (Wildman–Crippen LogP) is 1.34. The van der Waals surface area contributed by atoms with Gasteiger partial charge < -0.3 is 10.6 Å². The third-order valence-corrected chi connectivity index (χ3v) is 3.71. The van der Waals surface area contributed by atoms with Gasteiger partial charge in [0.05, 0.1) is 17.4 Å². The highest BCUT2D eigenvalue weighted by molar-refractivity contribution is 5.99. The zero-order chi connectivity index (χ0) is 13.8. The van der Waals surface area contributed by atoms with Crippen LogP contribution in [0.4, 0.5) is 5.69 Å². The second-order valence-electron chi connectivity index (χ2n) is 5.13. The van der Waals surface area contributed by atoms with Crippen LogP contribution < -0.4 is 10.6 Å². The zero-order valence-corrected chi connectivity index (χ0v) is 11.8. The Morgan fingerprint density at radius 1 is 1.58 bits per heavy atom. The molecule has 1 atom stereocenters. The topological polar surface area (TPSA) is 57.3 Å². The highest BCUT2D eigenvalue weighted by Gasteiger charge is 2.29. The molecule has 5 nitrogen and oxygen atoms in total. The number of likely N-dealkylation sites (N-methyl/N-ethyl adjacent to an activating group) is 1. The van der Waals surface area contributed by atoms with Crippen molar-refractivity contribution in [1.29, 1.82) is 0 Å². The Balaban J connectivity index is 1.89. The molecule has 1 aromatic heterocycles. The summed E-state index contributed by atoms with van der Waals surface area (Å²) in [5.74, 6) is -0.0530. The minimum atomic E-state index is -0.0530. The van der Waals surface area contributed by atoms with Gasteiger partial charge in [0.2, 0.25) is 0 Å². The van der Waals surface area contributed by atoms with Gasteiger partial charge in [0.1, 0.15) is 0 Å². The lowest BCUT2D eigenvalue weighted by atomic mass is 10.2. The van der Waals surface area contributed by atoms with Gasteiger partial charge in [-0.15, -0.1) is 0 Å². The van der Waals surface area contributed by atoms with Crippen molar-refractivity contribution in [3.05, 3.63) is 24.0 Å². The third kappa shape index (κ3) is 3.44. The summed E-state index contributed by atoms with van der Waals surface area (Å²) in [6, 6.07) is 2.80. The Morgan fingerprint density at radius 3 is 2.95 bits per heavy atom. The molecule has 1 aliphatic carbocycles. The quantitative estimate of drug-likeness (QED) is 0.812.